The summed E-state index contributed by atoms with van der Waals surface area (Å²) in [4.78, 5) is 4.77. The van der Waals surface area contributed by atoms with Crippen molar-refractivity contribution in [2.75, 3.05) is 0 Å². The van der Waals surface area contributed by atoms with Gasteiger partial charge in [-0.25, -0.2) is 4.98 Å². The lowest BCUT2D eigenvalue weighted by atomic mass is 10.3. The number of nitrogens with zero attached hydrogens (tertiary/aromatic N) is 2. The molecule has 0 saturated heterocycles. The molecule has 0 bridgehead atoms. The Morgan fingerprint density at radius 3 is 2.17 bits per heavy atom. The van der Waals surface area contributed by atoms with Crippen molar-refractivity contribution in [3.05, 3.63) is 28.5 Å². The second kappa shape index (κ2) is 7.07. The smallest absolute Gasteiger partial charge is 0.201 e. The molecule has 0 aliphatic carbocycles. The number of hydrogen-bond donors (Lipinski definition) is 0. The number of aryl methyl sites for hydroxylation is 1. The van der Waals surface area contributed by atoms with Crippen LogP contribution in [0.3, 0.4) is 0 Å². The fourth-order valence-corrected chi connectivity index (χ4v) is 9.76. The summed E-state index contributed by atoms with van der Waals surface area (Å²) in [7, 11) is 0.218. The van der Waals surface area contributed by atoms with Gasteiger partial charge in [-0.1, -0.05) is 57.5 Å². The molecule has 1 aromatic heterocycles. The molecule has 1 heterocycles. The summed E-state index contributed by atoms with van der Waals surface area (Å²) in [5.74, 6) is 1.01. The molecule has 0 radical (unpaired) electrons. The highest BCUT2D eigenvalue weighted by molar-refractivity contribution is 9.10. The van der Waals surface area contributed by atoms with Gasteiger partial charge in [0, 0.05) is 11.5 Å². The molecule has 1 aromatic carbocycles. The van der Waals surface area contributed by atoms with Gasteiger partial charge in [-0.2, -0.15) is 0 Å². The van der Waals surface area contributed by atoms with Gasteiger partial charge in [-0.15, -0.1) is 0 Å². The van der Waals surface area contributed by atoms with Gasteiger partial charge in [0.15, 0.2) is 0 Å². The molecule has 0 fully saturated rings. The van der Waals surface area contributed by atoms with Gasteiger partial charge in [-0.3, -0.25) is 0 Å². The topological polar surface area (TPSA) is 27.1 Å². The molecule has 23 heavy (non-hydrogen) atoms. The highest BCUT2D eigenvalue weighted by atomic mass is 79.9. The Labute approximate surface area is 149 Å². The van der Waals surface area contributed by atoms with E-state index in [-0.39, 0.29) is 0 Å². The molecule has 0 atom stereocenters. The zero-order chi connectivity index (χ0) is 17.4. The first kappa shape index (κ1) is 18.7. The van der Waals surface area contributed by atoms with Gasteiger partial charge < -0.3 is 8.99 Å². The third-order valence-electron chi connectivity index (χ3n) is 5.09. The Morgan fingerprint density at radius 2 is 1.65 bits per heavy atom. The molecule has 0 aliphatic rings. The van der Waals surface area contributed by atoms with Crippen molar-refractivity contribution in [2.45, 2.75) is 64.8 Å². The third-order valence-corrected chi connectivity index (χ3v) is 11.6. The summed E-state index contributed by atoms with van der Waals surface area (Å²) in [5, 5.41) is 0. The lowest BCUT2D eigenvalue weighted by molar-refractivity contribution is 0.254. The third kappa shape index (κ3) is 3.42. The van der Waals surface area contributed by atoms with Gasteiger partial charge in [-0.05, 0) is 34.8 Å². The summed E-state index contributed by atoms with van der Waals surface area (Å²) in [6.45, 7) is 14.5. The molecule has 128 valence electrons. The number of rotatable bonds is 6. The van der Waals surface area contributed by atoms with Crippen LogP contribution in [0.15, 0.2) is 22.7 Å². The molecule has 2 aromatic rings. The Kier molecular flexibility index (Phi) is 5.75. The summed E-state index contributed by atoms with van der Waals surface area (Å²) in [5.41, 5.74) is 3.94. The number of fused-ring (bicyclic) bond motifs is 1. The Morgan fingerprint density at radius 1 is 1.09 bits per heavy atom. The van der Waals surface area contributed by atoms with Crippen LogP contribution in [0.1, 0.15) is 47.4 Å². The highest BCUT2D eigenvalue weighted by Crippen LogP contribution is 2.42. The van der Waals surface area contributed by atoms with Gasteiger partial charge in [0.2, 0.25) is 8.32 Å². The van der Waals surface area contributed by atoms with Crippen LogP contribution in [0.2, 0.25) is 16.6 Å². The minimum absolute atomic E-state index is 0.589. The van der Waals surface area contributed by atoms with Crippen molar-refractivity contribution in [2.24, 2.45) is 7.05 Å². The first-order valence-electron chi connectivity index (χ1n) is 8.45. The fourth-order valence-electron chi connectivity index (χ4n) is 4.03. The fraction of sp³-hybridized carbons (Fsp3) is 0.611. The lowest BCUT2D eigenvalue weighted by Gasteiger charge is -2.42. The van der Waals surface area contributed by atoms with Crippen LogP contribution in [-0.2, 0) is 18.1 Å². The zero-order valence-corrected chi connectivity index (χ0v) is 17.9. The van der Waals surface area contributed by atoms with Gasteiger partial charge in [0.1, 0.15) is 5.82 Å². The predicted octanol–water partition coefficient (Wildman–Crippen LogP) is 6.03. The molecule has 0 aliphatic heterocycles. The Balaban J connectivity index is 2.33. The molecule has 0 unspecified atom stereocenters. The molecular weight excluding hydrogens is 368 g/mol. The lowest BCUT2D eigenvalue weighted by Crippen LogP contribution is -2.47. The van der Waals surface area contributed by atoms with E-state index in [1.807, 2.05) is 6.07 Å². The van der Waals surface area contributed by atoms with E-state index in [0.717, 1.165) is 21.3 Å². The first-order chi connectivity index (χ1) is 10.7. The van der Waals surface area contributed by atoms with Crippen molar-refractivity contribution >= 4 is 35.3 Å². The van der Waals surface area contributed by atoms with E-state index in [1.165, 1.54) is 0 Å². The summed E-state index contributed by atoms with van der Waals surface area (Å²) >= 11 is 3.54. The second-order valence-electron chi connectivity index (χ2n) is 7.33. The van der Waals surface area contributed by atoms with Crippen LogP contribution in [0.25, 0.3) is 11.0 Å². The van der Waals surface area contributed by atoms with Gasteiger partial charge >= 0.3 is 0 Å². The van der Waals surface area contributed by atoms with E-state index >= 15 is 0 Å². The average Bonchev–Trinajstić information content (AvgIpc) is 2.75. The quantitative estimate of drug-likeness (QED) is 0.557. The highest BCUT2D eigenvalue weighted by Gasteiger charge is 2.45. The molecule has 2 rings (SSSR count). The normalized spacial score (nSPS) is 13.0. The first-order valence-corrected chi connectivity index (χ1v) is 11.4. The van der Waals surface area contributed by atoms with E-state index < -0.39 is 8.32 Å². The SMILES string of the molecule is CC(C)[Si](OCc1nc2ccc(Br)cc2n1C)(C(C)C)C(C)C. The van der Waals surface area contributed by atoms with Crippen molar-refractivity contribution in [3.8, 4) is 0 Å². The van der Waals surface area contributed by atoms with Crippen LogP contribution >= 0.6 is 15.9 Å². The Hall–Kier alpha value is -0.653. The van der Waals surface area contributed by atoms with Crippen molar-refractivity contribution < 1.29 is 4.43 Å². The maximum atomic E-state index is 6.68. The van der Waals surface area contributed by atoms with Crippen LogP contribution < -0.4 is 0 Å². The van der Waals surface area contributed by atoms with Crippen molar-refractivity contribution in [1.82, 2.24) is 9.55 Å². The number of imidazole rings is 1. The van der Waals surface area contributed by atoms with E-state index in [4.69, 9.17) is 9.41 Å². The molecular formula is C18H29BrN2OSi. The number of aromatic nitrogens is 2. The molecule has 0 N–H and O–H groups in total. The molecule has 0 saturated carbocycles. The maximum absolute atomic E-state index is 6.68. The molecule has 5 heteroatoms. The van der Waals surface area contributed by atoms with E-state index in [2.05, 4.69) is 81.2 Å². The maximum Gasteiger partial charge on any atom is 0.201 e. The summed E-state index contributed by atoms with van der Waals surface area (Å²) in [6.07, 6.45) is 0. The van der Waals surface area contributed by atoms with E-state index in [0.29, 0.717) is 23.2 Å². The standard InChI is InChI=1S/C18H29BrN2OSi/c1-12(2)23(13(3)4,14(5)6)22-11-18-20-16-9-8-15(19)10-17(16)21(18)7/h8-10,12-14H,11H2,1-7H3. The van der Waals surface area contributed by atoms with Gasteiger partial charge in [0.25, 0.3) is 0 Å². The predicted molar refractivity (Wildman–Crippen MR) is 104 cm³/mol. The zero-order valence-electron chi connectivity index (χ0n) is 15.4. The molecule has 0 spiro atoms. The molecule has 3 nitrogen and oxygen atoms in total. The summed E-state index contributed by atoms with van der Waals surface area (Å²) < 4.78 is 9.92. The largest absolute Gasteiger partial charge is 0.409 e. The number of halogens is 1. The number of hydrogen-bond acceptors (Lipinski definition) is 2. The van der Waals surface area contributed by atoms with Crippen LogP contribution in [0.5, 0.6) is 0 Å². The van der Waals surface area contributed by atoms with Crippen molar-refractivity contribution in [3.63, 3.8) is 0 Å². The second-order valence-corrected chi connectivity index (χ2v) is 13.7. The van der Waals surface area contributed by atoms with E-state index in [9.17, 15) is 0 Å². The van der Waals surface area contributed by atoms with Crippen molar-refractivity contribution in [1.29, 1.82) is 0 Å². The monoisotopic (exact) mass is 396 g/mol. The van der Waals surface area contributed by atoms with Crippen LogP contribution in [-0.4, -0.2) is 17.9 Å². The van der Waals surface area contributed by atoms with Gasteiger partial charge in [0.05, 0.1) is 17.6 Å². The molecule has 0 amide bonds. The minimum atomic E-state index is -1.86. The van der Waals surface area contributed by atoms with E-state index in [1.54, 1.807) is 0 Å². The summed E-state index contributed by atoms with van der Waals surface area (Å²) in [6, 6.07) is 6.21. The Bertz CT molecular complexity index is 657. The van der Waals surface area contributed by atoms with Crippen LogP contribution in [0.4, 0.5) is 0 Å². The minimum Gasteiger partial charge on any atom is -0.409 e. The average molecular weight is 397 g/mol. The number of benzene rings is 1. The van der Waals surface area contributed by atoms with Crippen LogP contribution in [0, 0.1) is 0 Å².